The molecule has 0 spiro atoms. The Hall–Kier alpha value is -1.49. The van der Waals surface area contributed by atoms with E-state index in [9.17, 15) is 0 Å². The highest BCUT2D eigenvalue weighted by Crippen LogP contribution is 2.21. The van der Waals surface area contributed by atoms with E-state index in [1.165, 1.54) is 0 Å². The molecule has 2 heterocycles. The van der Waals surface area contributed by atoms with Crippen molar-refractivity contribution in [2.45, 2.75) is 13.3 Å². The molecule has 0 saturated heterocycles. The molecule has 17 heavy (non-hydrogen) atoms. The van der Waals surface area contributed by atoms with Gasteiger partial charge in [0, 0.05) is 18.9 Å². The van der Waals surface area contributed by atoms with Crippen molar-refractivity contribution in [3.63, 3.8) is 0 Å². The summed E-state index contributed by atoms with van der Waals surface area (Å²) in [6.07, 6.45) is 4.53. The molecule has 0 radical (unpaired) electrons. The molecular weight excluding hydrogens is 280 g/mol. The molecule has 0 aliphatic heterocycles. The monoisotopic (exact) mass is 292 g/mol. The molecule has 0 aliphatic carbocycles. The summed E-state index contributed by atoms with van der Waals surface area (Å²) in [4.78, 5) is 12.9. The lowest BCUT2D eigenvalue weighted by molar-refractivity contribution is 0.962. The van der Waals surface area contributed by atoms with Gasteiger partial charge in [-0.3, -0.25) is 4.98 Å². The average Bonchev–Trinajstić information content (AvgIpc) is 2.39. The quantitative estimate of drug-likeness (QED) is 0.941. The second kappa shape index (κ2) is 5.72. The summed E-state index contributed by atoms with van der Waals surface area (Å²) >= 11 is 3.43. The fourth-order valence-electron chi connectivity index (χ4n) is 1.35. The Balaban J connectivity index is 2.31. The average molecular weight is 293 g/mol. The first kappa shape index (κ1) is 12.0. The molecule has 0 amide bonds. The van der Waals surface area contributed by atoms with Crippen LogP contribution >= 0.6 is 15.9 Å². The predicted octanol–water partition coefficient (Wildman–Crippen LogP) is 3.12. The largest absolute Gasteiger partial charge is 0.369 e. The maximum atomic E-state index is 4.45. The fourth-order valence-corrected chi connectivity index (χ4v) is 1.68. The fraction of sp³-hybridized carbons (Fsp3) is 0.250. The van der Waals surface area contributed by atoms with E-state index in [-0.39, 0.29) is 0 Å². The van der Waals surface area contributed by atoms with Gasteiger partial charge in [0.05, 0.1) is 4.47 Å². The van der Waals surface area contributed by atoms with E-state index >= 15 is 0 Å². The Morgan fingerprint density at radius 1 is 1.29 bits per heavy atom. The summed E-state index contributed by atoms with van der Waals surface area (Å²) in [5.74, 6) is 1.44. The minimum atomic E-state index is 0.632. The van der Waals surface area contributed by atoms with E-state index < -0.39 is 0 Å². The first-order valence-corrected chi connectivity index (χ1v) is 6.28. The van der Waals surface area contributed by atoms with Crippen molar-refractivity contribution >= 4 is 21.7 Å². The van der Waals surface area contributed by atoms with Crippen LogP contribution in [-0.4, -0.2) is 21.5 Å². The highest BCUT2D eigenvalue weighted by atomic mass is 79.9. The zero-order valence-corrected chi connectivity index (χ0v) is 11.1. The van der Waals surface area contributed by atoms with Gasteiger partial charge < -0.3 is 5.32 Å². The number of anilines is 1. The van der Waals surface area contributed by atoms with Gasteiger partial charge in [0.1, 0.15) is 11.5 Å². The zero-order valence-electron chi connectivity index (χ0n) is 9.52. The Bertz CT molecular complexity index is 487. The lowest BCUT2D eigenvalue weighted by Gasteiger charge is -2.07. The third kappa shape index (κ3) is 3.00. The molecule has 88 valence electrons. The van der Waals surface area contributed by atoms with E-state index in [1.807, 2.05) is 18.2 Å². The van der Waals surface area contributed by atoms with Crippen LogP contribution in [0, 0.1) is 0 Å². The van der Waals surface area contributed by atoms with E-state index in [2.05, 4.69) is 43.1 Å². The second-order valence-corrected chi connectivity index (χ2v) is 4.39. The van der Waals surface area contributed by atoms with Gasteiger partial charge in [0.2, 0.25) is 0 Å². The lowest BCUT2D eigenvalue weighted by Crippen LogP contribution is -2.04. The summed E-state index contributed by atoms with van der Waals surface area (Å²) in [6, 6.07) is 5.69. The molecule has 0 aromatic carbocycles. The van der Waals surface area contributed by atoms with Crippen molar-refractivity contribution in [2.75, 3.05) is 11.9 Å². The molecule has 1 N–H and O–H groups in total. The number of halogens is 1. The third-order valence-electron chi connectivity index (χ3n) is 2.18. The van der Waals surface area contributed by atoms with E-state index in [4.69, 9.17) is 0 Å². The van der Waals surface area contributed by atoms with Crippen molar-refractivity contribution in [1.29, 1.82) is 0 Å². The van der Waals surface area contributed by atoms with Gasteiger partial charge in [-0.05, 0) is 34.5 Å². The molecular formula is C12H13BrN4. The molecule has 0 aliphatic rings. The van der Waals surface area contributed by atoms with Gasteiger partial charge in [-0.15, -0.1) is 0 Å². The molecule has 0 saturated carbocycles. The van der Waals surface area contributed by atoms with Crippen molar-refractivity contribution < 1.29 is 0 Å². The standard InChI is InChI=1S/C12H13BrN4/c1-2-6-15-11-9(13)8-16-12(17-11)10-5-3-4-7-14-10/h3-5,7-8H,2,6H2,1H3,(H,15,16,17). The van der Waals surface area contributed by atoms with Crippen molar-refractivity contribution in [3.05, 3.63) is 35.1 Å². The smallest absolute Gasteiger partial charge is 0.180 e. The molecule has 2 aromatic heterocycles. The van der Waals surface area contributed by atoms with Gasteiger partial charge >= 0.3 is 0 Å². The van der Waals surface area contributed by atoms with Crippen LogP contribution in [0.15, 0.2) is 35.1 Å². The molecule has 0 bridgehead atoms. The molecule has 2 rings (SSSR count). The van der Waals surface area contributed by atoms with Crippen LogP contribution in [-0.2, 0) is 0 Å². The van der Waals surface area contributed by atoms with E-state index in [0.717, 1.165) is 29.0 Å². The van der Waals surface area contributed by atoms with Crippen molar-refractivity contribution in [1.82, 2.24) is 15.0 Å². The number of hydrogen-bond acceptors (Lipinski definition) is 4. The van der Waals surface area contributed by atoms with Crippen LogP contribution in [0.4, 0.5) is 5.82 Å². The van der Waals surface area contributed by atoms with Gasteiger partial charge in [0.15, 0.2) is 5.82 Å². The summed E-state index contributed by atoms with van der Waals surface area (Å²) in [5.41, 5.74) is 0.777. The second-order valence-electron chi connectivity index (χ2n) is 3.53. The maximum Gasteiger partial charge on any atom is 0.180 e. The number of nitrogens with one attached hydrogen (secondary N) is 1. The number of aromatic nitrogens is 3. The zero-order chi connectivity index (χ0) is 12.1. The van der Waals surface area contributed by atoms with Crippen molar-refractivity contribution in [3.8, 4) is 11.5 Å². The van der Waals surface area contributed by atoms with Gasteiger partial charge in [-0.2, -0.15) is 0 Å². The normalized spacial score (nSPS) is 10.2. The predicted molar refractivity (Wildman–Crippen MR) is 71.7 cm³/mol. The Morgan fingerprint density at radius 3 is 2.88 bits per heavy atom. The van der Waals surface area contributed by atoms with Crippen LogP contribution in [0.3, 0.4) is 0 Å². The highest BCUT2D eigenvalue weighted by molar-refractivity contribution is 9.10. The number of pyridine rings is 1. The maximum absolute atomic E-state index is 4.45. The Morgan fingerprint density at radius 2 is 2.18 bits per heavy atom. The number of hydrogen-bond donors (Lipinski definition) is 1. The molecule has 4 nitrogen and oxygen atoms in total. The Labute approximate surface area is 109 Å². The minimum Gasteiger partial charge on any atom is -0.369 e. The van der Waals surface area contributed by atoms with Gasteiger partial charge in [-0.1, -0.05) is 13.0 Å². The van der Waals surface area contributed by atoms with Crippen LogP contribution in [0.1, 0.15) is 13.3 Å². The van der Waals surface area contributed by atoms with Crippen molar-refractivity contribution in [2.24, 2.45) is 0 Å². The summed E-state index contributed by atoms with van der Waals surface area (Å²) < 4.78 is 0.866. The molecule has 0 fully saturated rings. The highest BCUT2D eigenvalue weighted by Gasteiger charge is 2.06. The molecule has 5 heteroatoms. The molecule has 0 unspecified atom stereocenters. The van der Waals surface area contributed by atoms with Gasteiger partial charge in [0.25, 0.3) is 0 Å². The van der Waals surface area contributed by atoms with Crippen LogP contribution in [0.25, 0.3) is 11.5 Å². The Kier molecular flexibility index (Phi) is 4.03. The number of rotatable bonds is 4. The summed E-state index contributed by atoms with van der Waals surface area (Å²) in [7, 11) is 0. The van der Waals surface area contributed by atoms with Gasteiger partial charge in [-0.25, -0.2) is 9.97 Å². The number of nitrogens with zero attached hydrogens (tertiary/aromatic N) is 3. The molecule has 2 aromatic rings. The first-order valence-electron chi connectivity index (χ1n) is 5.49. The first-order chi connectivity index (χ1) is 8.31. The van der Waals surface area contributed by atoms with E-state index in [0.29, 0.717) is 5.82 Å². The van der Waals surface area contributed by atoms with Crippen LogP contribution in [0.5, 0.6) is 0 Å². The topological polar surface area (TPSA) is 50.7 Å². The SMILES string of the molecule is CCCNc1nc(-c2ccccn2)ncc1Br. The third-order valence-corrected chi connectivity index (χ3v) is 2.76. The van der Waals surface area contributed by atoms with Crippen LogP contribution in [0.2, 0.25) is 0 Å². The molecule has 0 atom stereocenters. The minimum absolute atomic E-state index is 0.632. The van der Waals surface area contributed by atoms with E-state index in [1.54, 1.807) is 12.4 Å². The lowest BCUT2D eigenvalue weighted by atomic mass is 10.3. The summed E-state index contributed by atoms with van der Waals surface area (Å²) in [6.45, 7) is 3.00. The summed E-state index contributed by atoms with van der Waals surface area (Å²) in [5, 5.41) is 3.25. The van der Waals surface area contributed by atoms with Crippen LogP contribution < -0.4 is 5.32 Å².